The minimum atomic E-state index is -0.463. The number of halogens is 1. The standard InChI is InChI=1S/C18H17FN4O2/c1-2-13-9-23(8-12-4-3-5-14(19)6-12)10-15(13)16(24)7-17(25)18-20-11-21-22-18/h3-7,9-11,24H,2,8H2,1H3,(H,20,21,22). The Kier molecular flexibility index (Phi) is 4.74. The first-order valence-electron chi connectivity index (χ1n) is 7.80. The Morgan fingerprint density at radius 1 is 1.40 bits per heavy atom. The molecule has 3 aromatic rings. The highest BCUT2D eigenvalue weighted by Gasteiger charge is 2.13. The zero-order valence-corrected chi connectivity index (χ0v) is 13.6. The summed E-state index contributed by atoms with van der Waals surface area (Å²) in [4.78, 5) is 15.8. The summed E-state index contributed by atoms with van der Waals surface area (Å²) in [6, 6.07) is 6.35. The van der Waals surface area contributed by atoms with Gasteiger partial charge < -0.3 is 9.67 Å². The summed E-state index contributed by atoms with van der Waals surface area (Å²) >= 11 is 0. The van der Waals surface area contributed by atoms with E-state index in [1.54, 1.807) is 12.3 Å². The van der Waals surface area contributed by atoms with Crippen molar-refractivity contribution >= 4 is 11.5 Å². The van der Waals surface area contributed by atoms with Crippen LogP contribution in [-0.4, -0.2) is 30.6 Å². The molecule has 3 rings (SSSR count). The number of ketones is 1. The van der Waals surface area contributed by atoms with Gasteiger partial charge in [0.2, 0.25) is 5.78 Å². The molecular formula is C18H17FN4O2. The summed E-state index contributed by atoms with van der Waals surface area (Å²) in [6.07, 6.45) is 6.64. The van der Waals surface area contributed by atoms with Gasteiger partial charge in [-0.05, 0) is 29.7 Å². The minimum Gasteiger partial charge on any atom is -0.507 e. The van der Waals surface area contributed by atoms with Crippen LogP contribution in [0.25, 0.3) is 5.76 Å². The average molecular weight is 340 g/mol. The molecular weight excluding hydrogens is 323 g/mol. The molecule has 0 atom stereocenters. The Hall–Kier alpha value is -3.22. The quantitative estimate of drug-likeness (QED) is 0.410. The molecule has 2 N–H and O–H groups in total. The van der Waals surface area contributed by atoms with Gasteiger partial charge in [-0.2, -0.15) is 5.10 Å². The van der Waals surface area contributed by atoms with Crippen LogP contribution in [0.15, 0.2) is 49.1 Å². The number of rotatable bonds is 6. The van der Waals surface area contributed by atoms with Crippen molar-refractivity contribution in [1.29, 1.82) is 0 Å². The van der Waals surface area contributed by atoms with Crippen LogP contribution in [0.2, 0.25) is 0 Å². The number of aliphatic hydroxyl groups excluding tert-OH is 1. The van der Waals surface area contributed by atoms with Crippen molar-refractivity contribution in [2.75, 3.05) is 0 Å². The third-order valence-corrected chi connectivity index (χ3v) is 3.79. The van der Waals surface area contributed by atoms with Crippen LogP contribution in [0.1, 0.15) is 34.2 Å². The molecule has 2 aromatic heterocycles. The highest BCUT2D eigenvalue weighted by Crippen LogP contribution is 2.21. The van der Waals surface area contributed by atoms with Crippen LogP contribution in [0.3, 0.4) is 0 Å². The fourth-order valence-electron chi connectivity index (χ4n) is 2.60. The van der Waals surface area contributed by atoms with Crippen molar-refractivity contribution in [3.63, 3.8) is 0 Å². The number of nitrogens with one attached hydrogen (secondary N) is 1. The van der Waals surface area contributed by atoms with E-state index in [-0.39, 0.29) is 17.4 Å². The summed E-state index contributed by atoms with van der Waals surface area (Å²) in [5.74, 6) is -0.837. The predicted octanol–water partition coefficient (Wildman–Crippen LogP) is 3.14. The first kappa shape index (κ1) is 16.6. The number of hydrogen-bond donors (Lipinski definition) is 2. The van der Waals surface area contributed by atoms with Crippen molar-refractivity contribution in [1.82, 2.24) is 19.7 Å². The summed E-state index contributed by atoms with van der Waals surface area (Å²) < 4.78 is 15.2. The first-order valence-corrected chi connectivity index (χ1v) is 7.80. The number of nitrogens with zero attached hydrogens (tertiary/aromatic N) is 3. The third kappa shape index (κ3) is 3.82. The van der Waals surface area contributed by atoms with Gasteiger partial charge in [0.1, 0.15) is 17.9 Å². The fourth-order valence-corrected chi connectivity index (χ4v) is 2.60. The summed E-state index contributed by atoms with van der Waals surface area (Å²) in [5.41, 5.74) is 2.26. The largest absolute Gasteiger partial charge is 0.507 e. The maximum Gasteiger partial charge on any atom is 0.226 e. The second-order valence-corrected chi connectivity index (χ2v) is 5.58. The van der Waals surface area contributed by atoms with E-state index >= 15 is 0 Å². The van der Waals surface area contributed by atoms with Crippen LogP contribution in [0, 0.1) is 5.82 Å². The van der Waals surface area contributed by atoms with Gasteiger partial charge in [0.25, 0.3) is 0 Å². The Balaban J connectivity index is 1.86. The smallest absolute Gasteiger partial charge is 0.226 e. The van der Waals surface area contributed by atoms with Crippen LogP contribution >= 0.6 is 0 Å². The van der Waals surface area contributed by atoms with E-state index in [2.05, 4.69) is 15.2 Å². The number of benzene rings is 1. The molecule has 0 amide bonds. The van der Waals surface area contributed by atoms with E-state index in [1.165, 1.54) is 18.5 Å². The highest BCUT2D eigenvalue weighted by atomic mass is 19.1. The van der Waals surface area contributed by atoms with Gasteiger partial charge in [-0.15, -0.1) is 0 Å². The Labute approximate surface area is 143 Å². The molecule has 0 fully saturated rings. The van der Waals surface area contributed by atoms with Crippen molar-refractivity contribution in [2.24, 2.45) is 0 Å². The Morgan fingerprint density at radius 2 is 2.24 bits per heavy atom. The molecule has 2 heterocycles. The van der Waals surface area contributed by atoms with Crippen molar-refractivity contribution in [2.45, 2.75) is 19.9 Å². The molecule has 0 spiro atoms. The Bertz CT molecular complexity index is 913. The summed E-state index contributed by atoms with van der Waals surface area (Å²) in [6.45, 7) is 2.42. The second-order valence-electron chi connectivity index (χ2n) is 5.58. The van der Waals surface area contributed by atoms with Gasteiger partial charge in [-0.25, -0.2) is 9.37 Å². The molecule has 0 bridgehead atoms. The zero-order valence-electron chi connectivity index (χ0n) is 13.6. The average Bonchev–Trinajstić information content (AvgIpc) is 3.24. The molecule has 0 aliphatic carbocycles. The van der Waals surface area contributed by atoms with E-state index < -0.39 is 5.78 Å². The topological polar surface area (TPSA) is 83.8 Å². The van der Waals surface area contributed by atoms with Gasteiger partial charge in [-0.1, -0.05) is 19.1 Å². The van der Waals surface area contributed by atoms with E-state index in [0.29, 0.717) is 18.5 Å². The van der Waals surface area contributed by atoms with E-state index in [1.807, 2.05) is 23.8 Å². The monoisotopic (exact) mass is 340 g/mol. The number of allylic oxidation sites excluding steroid dienone is 1. The van der Waals surface area contributed by atoms with Gasteiger partial charge in [0, 0.05) is 30.6 Å². The normalized spacial score (nSPS) is 11.7. The molecule has 0 saturated carbocycles. The lowest BCUT2D eigenvalue weighted by molar-refractivity contribution is 0.103. The number of carbonyl (C=O) groups is 1. The molecule has 0 aliphatic rings. The lowest BCUT2D eigenvalue weighted by Gasteiger charge is -2.03. The lowest BCUT2D eigenvalue weighted by atomic mass is 10.1. The predicted molar refractivity (Wildman–Crippen MR) is 90.6 cm³/mol. The van der Waals surface area contributed by atoms with Crippen molar-refractivity contribution in [3.8, 4) is 0 Å². The molecule has 25 heavy (non-hydrogen) atoms. The van der Waals surface area contributed by atoms with Gasteiger partial charge >= 0.3 is 0 Å². The number of aliphatic hydroxyl groups is 1. The van der Waals surface area contributed by atoms with Crippen LogP contribution in [0.5, 0.6) is 0 Å². The molecule has 1 aromatic carbocycles. The molecule has 0 radical (unpaired) electrons. The van der Waals surface area contributed by atoms with Gasteiger partial charge in [0.05, 0.1) is 0 Å². The lowest BCUT2D eigenvalue weighted by Crippen LogP contribution is -2.00. The fraction of sp³-hybridized carbons (Fsp3) is 0.167. The van der Waals surface area contributed by atoms with Crippen LogP contribution < -0.4 is 0 Å². The van der Waals surface area contributed by atoms with Crippen molar-refractivity contribution in [3.05, 3.63) is 77.4 Å². The summed E-state index contributed by atoms with van der Waals surface area (Å²) in [7, 11) is 0. The third-order valence-electron chi connectivity index (χ3n) is 3.79. The SMILES string of the molecule is CCc1cn(Cc2cccc(F)c2)cc1C(O)=CC(=O)c1ncn[nH]1. The van der Waals surface area contributed by atoms with Crippen LogP contribution in [0.4, 0.5) is 4.39 Å². The van der Waals surface area contributed by atoms with Crippen molar-refractivity contribution < 1.29 is 14.3 Å². The number of aromatic nitrogens is 4. The molecule has 0 unspecified atom stereocenters. The van der Waals surface area contributed by atoms with Gasteiger partial charge in [0.15, 0.2) is 5.82 Å². The minimum absolute atomic E-state index is 0.0591. The maximum absolute atomic E-state index is 13.3. The molecule has 128 valence electrons. The number of hydrogen-bond acceptors (Lipinski definition) is 4. The second kappa shape index (κ2) is 7.12. The number of aromatic amines is 1. The first-order chi connectivity index (χ1) is 12.1. The van der Waals surface area contributed by atoms with Crippen LogP contribution in [-0.2, 0) is 13.0 Å². The number of aryl methyl sites for hydroxylation is 1. The van der Waals surface area contributed by atoms with E-state index in [9.17, 15) is 14.3 Å². The number of H-pyrrole nitrogens is 1. The van der Waals surface area contributed by atoms with E-state index in [4.69, 9.17) is 0 Å². The number of carbonyl (C=O) groups excluding carboxylic acids is 1. The molecule has 6 nitrogen and oxygen atoms in total. The molecule has 7 heteroatoms. The van der Waals surface area contributed by atoms with E-state index in [0.717, 1.165) is 17.2 Å². The Morgan fingerprint density at radius 3 is 2.92 bits per heavy atom. The zero-order chi connectivity index (χ0) is 17.8. The maximum atomic E-state index is 13.3. The summed E-state index contributed by atoms with van der Waals surface area (Å²) in [5, 5.41) is 16.4. The van der Waals surface area contributed by atoms with Gasteiger partial charge in [-0.3, -0.25) is 9.89 Å². The molecule has 0 aliphatic heterocycles. The highest BCUT2D eigenvalue weighted by molar-refractivity contribution is 6.05. The molecule has 0 saturated heterocycles.